The Hall–Kier alpha value is -3.56. The van der Waals surface area contributed by atoms with E-state index in [9.17, 15) is 0 Å². The van der Waals surface area contributed by atoms with Gasteiger partial charge in [0.05, 0.1) is 38.1 Å². The van der Waals surface area contributed by atoms with E-state index in [1.165, 1.54) is 0 Å². The third kappa shape index (κ3) is 3.06. The van der Waals surface area contributed by atoms with Crippen molar-refractivity contribution in [1.29, 1.82) is 0 Å². The first-order chi connectivity index (χ1) is 14.1. The molecule has 0 aliphatic rings. The van der Waals surface area contributed by atoms with Crippen LogP contribution in [-0.4, -0.2) is 36.1 Å². The van der Waals surface area contributed by atoms with E-state index < -0.39 is 0 Å². The molecule has 0 N–H and O–H groups in total. The molecule has 6 heteroatoms. The minimum absolute atomic E-state index is 0.436. The Kier molecular flexibility index (Phi) is 4.83. The van der Waals surface area contributed by atoms with Crippen LogP contribution >= 0.6 is 0 Å². The van der Waals surface area contributed by atoms with E-state index in [2.05, 4.69) is 10.9 Å². The molecule has 29 heavy (non-hydrogen) atoms. The Morgan fingerprint density at radius 1 is 1.07 bits per heavy atom. The predicted molar refractivity (Wildman–Crippen MR) is 113 cm³/mol. The summed E-state index contributed by atoms with van der Waals surface area (Å²) >= 11 is 0. The molecule has 0 atom stereocenters. The van der Waals surface area contributed by atoms with Gasteiger partial charge in [-0.25, -0.2) is 0 Å². The number of aromatic nitrogens is 3. The summed E-state index contributed by atoms with van der Waals surface area (Å²) in [6.07, 6.45) is 7.46. The highest BCUT2D eigenvalue weighted by atomic mass is 16.5. The highest BCUT2D eigenvalue weighted by Crippen LogP contribution is 2.38. The van der Waals surface area contributed by atoms with Gasteiger partial charge in [0.1, 0.15) is 5.69 Å². The number of methoxy groups -OCH3 is 3. The predicted octanol–water partition coefficient (Wildman–Crippen LogP) is 3.93. The van der Waals surface area contributed by atoms with Gasteiger partial charge in [0, 0.05) is 42.1 Å². The zero-order valence-electron chi connectivity index (χ0n) is 16.8. The van der Waals surface area contributed by atoms with E-state index in [1.807, 2.05) is 48.3 Å². The standard InChI is InChI=1S/C23H21N3O3/c1-6-14-7-8-15(9-16(14)13-27-3)23-22-17-10-20(28-4)21(29-5)11-18(17)24-12-19(22)26(2)25-23/h1,7-12H,13H2,2-5H3. The molecule has 2 heterocycles. The Morgan fingerprint density at radius 2 is 1.83 bits per heavy atom. The van der Waals surface area contributed by atoms with Gasteiger partial charge < -0.3 is 14.2 Å². The van der Waals surface area contributed by atoms with Crippen molar-refractivity contribution in [2.45, 2.75) is 6.61 Å². The van der Waals surface area contributed by atoms with Crippen LogP contribution in [0.15, 0.2) is 36.5 Å². The number of benzene rings is 2. The monoisotopic (exact) mass is 387 g/mol. The summed E-state index contributed by atoms with van der Waals surface area (Å²) in [4.78, 5) is 4.59. The molecule has 4 aromatic rings. The van der Waals surface area contributed by atoms with E-state index in [4.69, 9.17) is 25.7 Å². The molecule has 2 aromatic carbocycles. The number of pyridine rings is 1. The molecule has 0 radical (unpaired) electrons. The van der Waals surface area contributed by atoms with E-state index in [-0.39, 0.29) is 0 Å². The van der Waals surface area contributed by atoms with Gasteiger partial charge in [0.2, 0.25) is 0 Å². The largest absolute Gasteiger partial charge is 0.493 e. The van der Waals surface area contributed by atoms with Gasteiger partial charge in [-0.15, -0.1) is 6.42 Å². The van der Waals surface area contributed by atoms with Crippen LogP contribution in [0.2, 0.25) is 0 Å². The van der Waals surface area contributed by atoms with Gasteiger partial charge in [-0.05, 0) is 23.8 Å². The maximum absolute atomic E-state index is 5.64. The molecular weight excluding hydrogens is 366 g/mol. The number of hydrogen-bond donors (Lipinski definition) is 0. The minimum atomic E-state index is 0.436. The summed E-state index contributed by atoms with van der Waals surface area (Å²) in [6, 6.07) is 9.77. The molecule has 4 rings (SSSR count). The average molecular weight is 387 g/mol. The maximum Gasteiger partial charge on any atom is 0.162 e. The molecule has 0 saturated heterocycles. The fraction of sp³-hybridized carbons (Fsp3) is 0.217. The van der Waals surface area contributed by atoms with Gasteiger partial charge in [-0.2, -0.15) is 5.10 Å². The third-order valence-electron chi connectivity index (χ3n) is 5.02. The van der Waals surface area contributed by atoms with Crippen LogP contribution in [0.3, 0.4) is 0 Å². The Morgan fingerprint density at radius 3 is 2.52 bits per heavy atom. The zero-order valence-corrected chi connectivity index (χ0v) is 16.8. The van der Waals surface area contributed by atoms with Crippen molar-refractivity contribution in [3.8, 4) is 35.1 Å². The lowest BCUT2D eigenvalue weighted by atomic mass is 9.99. The van der Waals surface area contributed by atoms with Gasteiger partial charge in [-0.1, -0.05) is 12.0 Å². The smallest absolute Gasteiger partial charge is 0.162 e. The van der Waals surface area contributed by atoms with Crippen LogP contribution in [0.1, 0.15) is 11.1 Å². The zero-order chi connectivity index (χ0) is 20.5. The number of hydrogen-bond acceptors (Lipinski definition) is 5. The van der Waals surface area contributed by atoms with Gasteiger partial charge in [0.25, 0.3) is 0 Å². The molecule has 0 spiro atoms. The molecule has 0 unspecified atom stereocenters. The first-order valence-corrected chi connectivity index (χ1v) is 9.07. The maximum atomic E-state index is 5.64. The molecule has 0 fully saturated rings. The third-order valence-corrected chi connectivity index (χ3v) is 5.02. The van der Waals surface area contributed by atoms with Gasteiger partial charge in [-0.3, -0.25) is 9.67 Å². The molecule has 0 amide bonds. The quantitative estimate of drug-likeness (QED) is 0.486. The van der Waals surface area contributed by atoms with Crippen molar-refractivity contribution in [3.05, 3.63) is 47.7 Å². The lowest BCUT2D eigenvalue weighted by Crippen LogP contribution is -1.94. The number of terminal acetylenes is 1. The average Bonchev–Trinajstić information content (AvgIpc) is 3.09. The number of aryl methyl sites for hydroxylation is 1. The van der Waals surface area contributed by atoms with Crippen molar-refractivity contribution >= 4 is 21.8 Å². The van der Waals surface area contributed by atoms with Crippen molar-refractivity contribution < 1.29 is 14.2 Å². The van der Waals surface area contributed by atoms with Crippen molar-refractivity contribution in [2.75, 3.05) is 21.3 Å². The molecule has 0 bridgehead atoms. The number of fused-ring (bicyclic) bond motifs is 3. The number of ether oxygens (including phenoxy) is 3. The summed E-state index contributed by atoms with van der Waals surface area (Å²) in [5.74, 6) is 4.00. The lowest BCUT2D eigenvalue weighted by Gasteiger charge is -2.10. The Labute approximate surface area is 169 Å². The van der Waals surface area contributed by atoms with E-state index in [0.29, 0.717) is 18.1 Å². The minimum Gasteiger partial charge on any atom is -0.493 e. The lowest BCUT2D eigenvalue weighted by molar-refractivity contribution is 0.184. The normalized spacial score (nSPS) is 11.0. The topological polar surface area (TPSA) is 58.4 Å². The second kappa shape index (κ2) is 7.46. The first-order valence-electron chi connectivity index (χ1n) is 9.07. The fourth-order valence-corrected chi connectivity index (χ4v) is 3.62. The fourth-order valence-electron chi connectivity index (χ4n) is 3.62. The molecule has 146 valence electrons. The molecule has 2 aromatic heterocycles. The van der Waals surface area contributed by atoms with E-state index >= 15 is 0 Å². The van der Waals surface area contributed by atoms with Crippen LogP contribution in [0.4, 0.5) is 0 Å². The number of rotatable bonds is 5. The Balaban J connectivity index is 2.04. The van der Waals surface area contributed by atoms with Crippen molar-refractivity contribution in [3.63, 3.8) is 0 Å². The molecule has 0 aliphatic heterocycles. The van der Waals surface area contributed by atoms with Crippen molar-refractivity contribution in [2.24, 2.45) is 7.05 Å². The second-order valence-corrected chi connectivity index (χ2v) is 6.66. The molecular formula is C23H21N3O3. The summed E-state index contributed by atoms with van der Waals surface area (Å²) in [5, 5.41) is 6.71. The van der Waals surface area contributed by atoms with Crippen LogP contribution in [-0.2, 0) is 18.4 Å². The SMILES string of the molecule is C#Cc1ccc(-c2nn(C)c3cnc4cc(OC)c(OC)cc4c23)cc1COC. The van der Waals surface area contributed by atoms with Crippen LogP contribution in [0.25, 0.3) is 33.1 Å². The highest BCUT2D eigenvalue weighted by molar-refractivity contribution is 6.11. The summed E-state index contributed by atoms with van der Waals surface area (Å²) in [6.45, 7) is 0.436. The Bertz CT molecular complexity index is 1270. The van der Waals surface area contributed by atoms with Gasteiger partial charge >= 0.3 is 0 Å². The summed E-state index contributed by atoms with van der Waals surface area (Å²) in [5.41, 5.74) is 5.31. The summed E-state index contributed by atoms with van der Waals surface area (Å²) < 4.78 is 18.1. The molecule has 0 aliphatic carbocycles. The van der Waals surface area contributed by atoms with Crippen LogP contribution in [0, 0.1) is 12.3 Å². The first kappa shape index (κ1) is 18.8. The van der Waals surface area contributed by atoms with Crippen molar-refractivity contribution in [1.82, 2.24) is 14.8 Å². The second-order valence-electron chi connectivity index (χ2n) is 6.66. The van der Waals surface area contributed by atoms with Crippen LogP contribution < -0.4 is 9.47 Å². The van der Waals surface area contributed by atoms with Crippen LogP contribution in [0.5, 0.6) is 11.5 Å². The summed E-state index contributed by atoms with van der Waals surface area (Å²) in [7, 11) is 6.80. The van der Waals surface area contributed by atoms with E-state index in [1.54, 1.807) is 21.3 Å². The molecule has 0 saturated carbocycles. The van der Waals surface area contributed by atoms with E-state index in [0.717, 1.165) is 44.2 Å². The number of nitrogens with zero attached hydrogens (tertiary/aromatic N) is 3. The van der Waals surface area contributed by atoms with Gasteiger partial charge in [0.15, 0.2) is 11.5 Å². The highest BCUT2D eigenvalue weighted by Gasteiger charge is 2.18. The molecule has 6 nitrogen and oxygen atoms in total.